The highest BCUT2D eigenvalue weighted by Gasteiger charge is 2.17. The van der Waals surface area contributed by atoms with Crippen molar-refractivity contribution in [1.29, 1.82) is 0 Å². The Morgan fingerprint density at radius 2 is 2.10 bits per heavy atom. The Bertz CT molecular complexity index is 492. The van der Waals surface area contributed by atoms with E-state index in [1.165, 1.54) is 6.07 Å². The number of likely N-dealkylation sites (N-methyl/N-ethyl adjacent to an activating group) is 1. The Kier molecular flexibility index (Phi) is 6.42. The van der Waals surface area contributed by atoms with Crippen LogP contribution in [0.25, 0.3) is 0 Å². The van der Waals surface area contributed by atoms with Gasteiger partial charge in [-0.25, -0.2) is 9.18 Å². The molecular formula is C15H23FN2O3. The molecule has 0 fully saturated rings. The minimum absolute atomic E-state index is 0.0709. The molecule has 0 aliphatic carbocycles. The van der Waals surface area contributed by atoms with Crippen molar-refractivity contribution in [3.05, 3.63) is 23.5 Å². The van der Waals surface area contributed by atoms with Crippen molar-refractivity contribution in [2.45, 2.75) is 26.9 Å². The second kappa shape index (κ2) is 7.83. The van der Waals surface area contributed by atoms with Crippen LogP contribution in [0.15, 0.2) is 12.1 Å². The van der Waals surface area contributed by atoms with Gasteiger partial charge in [-0.3, -0.25) is 0 Å². The molecule has 0 bridgehead atoms. The predicted molar refractivity (Wildman–Crippen MR) is 81.1 cm³/mol. The largest absolute Gasteiger partial charge is 0.462 e. The molecule has 0 saturated heterocycles. The normalized spacial score (nSPS) is 10.8. The summed E-state index contributed by atoms with van der Waals surface area (Å²) in [6.45, 7) is 6.77. The lowest BCUT2D eigenvalue weighted by atomic mass is 10.1. The van der Waals surface area contributed by atoms with E-state index in [-0.39, 0.29) is 24.0 Å². The number of hydrogen-bond acceptors (Lipinski definition) is 5. The van der Waals surface area contributed by atoms with Gasteiger partial charge in [0.2, 0.25) is 0 Å². The Morgan fingerprint density at radius 1 is 1.43 bits per heavy atom. The minimum Gasteiger partial charge on any atom is -0.462 e. The summed E-state index contributed by atoms with van der Waals surface area (Å²) in [5.41, 5.74) is 6.21. The van der Waals surface area contributed by atoms with Crippen LogP contribution in [0, 0.1) is 5.82 Å². The topological polar surface area (TPSA) is 64.8 Å². The van der Waals surface area contributed by atoms with Gasteiger partial charge in [-0.05, 0) is 32.9 Å². The first-order valence-corrected chi connectivity index (χ1v) is 6.95. The molecule has 21 heavy (non-hydrogen) atoms. The quantitative estimate of drug-likeness (QED) is 0.619. The van der Waals surface area contributed by atoms with E-state index in [9.17, 15) is 9.18 Å². The first-order valence-electron chi connectivity index (χ1n) is 6.95. The molecule has 0 saturated carbocycles. The van der Waals surface area contributed by atoms with Gasteiger partial charge < -0.3 is 20.1 Å². The van der Waals surface area contributed by atoms with Crippen molar-refractivity contribution in [3.8, 4) is 0 Å². The Hall–Kier alpha value is -1.82. The van der Waals surface area contributed by atoms with Crippen molar-refractivity contribution >= 4 is 17.3 Å². The number of rotatable bonds is 7. The third-order valence-electron chi connectivity index (χ3n) is 2.90. The lowest BCUT2D eigenvalue weighted by Gasteiger charge is -2.21. The molecule has 1 aromatic rings. The second-order valence-corrected chi connectivity index (χ2v) is 4.95. The van der Waals surface area contributed by atoms with E-state index in [0.717, 1.165) is 6.07 Å². The number of benzene rings is 1. The molecule has 2 N–H and O–H groups in total. The number of nitrogen functional groups attached to an aromatic ring is 1. The van der Waals surface area contributed by atoms with Crippen molar-refractivity contribution in [2.24, 2.45) is 0 Å². The highest BCUT2D eigenvalue weighted by Crippen LogP contribution is 2.25. The maximum absolute atomic E-state index is 14.0. The number of carbonyl (C=O) groups is 1. The molecule has 1 aromatic carbocycles. The van der Waals surface area contributed by atoms with Crippen LogP contribution in [0.3, 0.4) is 0 Å². The molecule has 0 amide bonds. The zero-order chi connectivity index (χ0) is 16.0. The smallest absolute Gasteiger partial charge is 0.340 e. The van der Waals surface area contributed by atoms with Gasteiger partial charge in [-0.1, -0.05) is 0 Å². The molecule has 118 valence electrons. The van der Waals surface area contributed by atoms with Crippen LogP contribution in [-0.4, -0.2) is 38.9 Å². The van der Waals surface area contributed by atoms with Crippen LogP contribution < -0.4 is 10.6 Å². The molecule has 0 spiro atoms. The SMILES string of the molecule is CCOC(=O)c1cc(N(C)CCOC(C)C)c(F)cc1N. The number of nitrogens with two attached hydrogens (primary N) is 1. The lowest BCUT2D eigenvalue weighted by molar-refractivity contribution is 0.0527. The summed E-state index contributed by atoms with van der Waals surface area (Å²) in [6, 6.07) is 2.55. The second-order valence-electron chi connectivity index (χ2n) is 4.95. The van der Waals surface area contributed by atoms with Gasteiger partial charge >= 0.3 is 5.97 Å². The Labute approximate surface area is 124 Å². The van der Waals surface area contributed by atoms with Gasteiger partial charge in [0.25, 0.3) is 0 Å². The minimum atomic E-state index is -0.553. The van der Waals surface area contributed by atoms with Crippen LogP contribution in [0.5, 0.6) is 0 Å². The summed E-state index contributed by atoms with van der Waals surface area (Å²) in [5.74, 6) is -1.03. The number of anilines is 2. The van der Waals surface area contributed by atoms with Crippen molar-refractivity contribution in [2.75, 3.05) is 37.4 Å². The molecule has 0 heterocycles. The lowest BCUT2D eigenvalue weighted by Crippen LogP contribution is -2.25. The number of nitrogens with zero attached hydrogens (tertiary/aromatic N) is 1. The maximum atomic E-state index is 14.0. The molecule has 0 radical (unpaired) electrons. The van der Waals surface area contributed by atoms with Crippen LogP contribution in [0.4, 0.5) is 15.8 Å². The molecule has 6 heteroatoms. The molecule has 0 aromatic heterocycles. The maximum Gasteiger partial charge on any atom is 0.340 e. The number of esters is 1. The van der Waals surface area contributed by atoms with Crippen molar-refractivity contribution in [1.82, 2.24) is 0 Å². The monoisotopic (exact) mass is 298 g/mol. The third kappa shape index (κ3) is 4.90. The standard InChI is InChI=1S/C15H23FN2O3/c1-5-20-15(19)11-8-14(12(16)9-13(11)17)18(4)6-7-21-10(2)3/h8-10H,5-7,17H2,1-4H3. The van der Waals surface area contributed by atoms with Gasteiger partial charge in [-0.2, -0.15) is 0 Å². The zero-order valence-corrected chi connectivity index (χ0v) is 13.0. The number of halogens is 1. The molecule has 0 aliphatic rings. The molecule has 1 rings (SSSR count). The van der Waals surface area contributed by atoms with Crippen LogP contribution in [0.1, 0.15) is 31.1 Å². The van der Waals surface area contributed by atoms with E-state index in [0.29, 0.717) is 18.8 Å². The van der Waals surface area contributed by atoms with Crippen molar-refractivity contribution in [3.63, 3.8) is 0 Å². The van der Waals surface area contributed by atoms with E-state index in [2.05, 4.69) is 0 Å². The first-order chi connectivity index (χ1) is 9.86. The van der Waals surface area contributed by atoms with E-state index < -0.39 is 11.8 Å². The average molecular weight is 298 g/mol. The van der Waals surface area contributed by atoms with E-state index in [1.54, 1.807) is 18.9 Å². The van der Waals surface area contributed by atoms with E-state index >= 15 is 0 Å². The summed E-state index contributed by atoms with van der Waals surface area (Å²) in [5, 5.41) is 0. The van der Waals surface area contributed by atoms with Gasteiger partial charge in [0.1, 0.15) is 5.82 Å². The van der Waals surface area contributed by atoms with Crippen LogP contribution in [0.2, 0.25) is 0 Å². The molecule has 0 aliphatic heterocycles. The molecule has 0 atom stereocenters. The third-order valence-corrected chi connectivity index (χ3v) is 2.90. The highest BCUT2D eigenvalue weighted by atomic mass is 19.1. The average Bonchev–Trinajstić information content (AvgIpc) is 2.38. The summed E-state index contributed by atoms with van der Waals surface area (Å²) < 4.78 is 24.3. The van der Waals surface area contributed by atoms with Gasteiger partial charge in [0.05, 0.1) is 30.6 Å². The van der Waals surface area contributed by atoms with Gasteiger partial charge in [-0.15, -0.1) is 0 Å². The van der Waals surface area contributed by atoms with Crippen LogP contribution >= 0.6 is 0 Å². The predicted octanol–water partition coefficient (Wildman–Crippen LogP) is 2.45. The summed E-state index contributed by atoms with van der Waals surface area (Å²) in [4.78, 5) is 13.5. The van der Waals surface area contributed by atoms with E-state index in [4.69, 9.17) is 15.2 Å². The summed E-state index contributed by atoms with van der Waals surface area (Å²) in [6.07, 6.45) is 0.116. The fraction of sp³-hybridized carbons (Fsp3) is 0.533. The Morgan fingerprint density at radius 3 is 2.67 bits per heavy atom. The van der Waals surface area contributed by atoms with E-state index in [1.807, 2.05) is 13.8 Å². The van der Waals surface area contributed by atoms with Gasteiger partial charge in [0.15, 0.2) is 0 Å². The highest BCUT2D eigenvalue weighted by molar-refractivity contribution is 5.96. The Balaban J connectivity index is 2.90. The van der Waals surface area contributed by atoms with Crippen LogP contribution in [-0.2, 0) is 9.47 Å². The van der Waals surface area contributed by atoms with Crippen molar-refractivity contribution < 1.29 is 18.7 Å². The fourth-order valence-electron chi connectivity index (χ4n) is 1.80. The fourth-order valence-corrected chi connectivity index (χ4v) is 1.80. The molecule has 0 unspecified atom stereocenters. The molecular weight excluding hydrogens is 275 g/mol. The number of carbonyl (C=O) groups excluding carboxylic acids is 1. The first kappa shape index (κ1) is 17.2. The number of hydrogen-bond donors (Lipinski definition) is 1. The number of ether oxygens (including phenoxy) is 2. The van der Waals surface area contributed by atoms with Gasteiger partial charge in [0, 0.05) is 19.3 Å². The summed E-state index contributed by atoms with van der Waals surface area (Å²) >= 11 is 0. The molecule has 5 nitrogen and oxygen atoms in total. The zero-order valence-electron chi connectivity index (χ0n) is 13.0. The summed E-state index contributed by atoms with van der Waals surface area (Å²) in [7, 11) is 1.73.